The summed E-state index contributed by atoms with van der Waals surface area (Å²) in [5.74, 6) is 0.266. The maximum atomic E-state index is 13.7. The van der Waals surface area contributed by atoms with Gasteiger partial charge in [0.15, 0.2) is 9.84 Å². The predicted octanol–water partition coefficient (Wildman–Crippen LogP) is 3.03. The normalized spacial score (nSPS) is 20.7. The topological polar surface area (TPSA) is 127 Å². The number of sulfone groups is 1. The first-order valence-corrected chi connectivity index (χ1v) is 14.5. The van der Waals surface area contributed by atoms with E-state index in [4.69, 9.17) is 9.84 Å². The average molecular weight is 515 g/mol. The van der Waals surface area contributed by atoms with Crippen molar-refractivity contribution in [3.8, 4) is 0 Å². The van der Waals surface area contributed by atoms with E-state index in [0.717, 1.165) is 49.7 Å². The van der Waals surface area contributed by atoms with Crippen molar-refractivity contribution in [2.45, 2.75) is 79.5 Å². The minimum Gasteiger partial charge on any atom is -0.393 e. The van der Waals surface area contributed by atoms with E-state index in [0.29, 0.717) is 36.1 Å². The quantitative estimate of drug-likeness (QED) is 0.469. The Hall–Kier alpha value is -2.20. The smallest absolute Gasteiger partial charge is 0.181 e. The lowest BCUT2D eigenvalue weighted by Crippen LogP contribution is -2.23. The van der Waals surface area contributed by atoms with Crippen LogP contribution >= 0.6 is 0 Å². The molecule has 1 aromatic carbocycles. The second kappa shape index (κ2) is 10.7. The first-order chi connectivity index (χ1) is 17.4. The van der Waals surface area contributed by atoms with Gasteiger partial charge in [0.05, 0.1) is 40.8 Å². The van der Waals surface area contributed by atoms with Crippen LogP contribution in [-0.2, 0) is 25.8 Å². The number of Topliss-reactive ketones (excluding diaryl/α,β-unsaturated/α-hetero) is 1. The zero-order chi connectivity index (χ0) is 25.3. The molecule has 1 saturated heterocycles. The number of aromatic nitrogens is 2. The molecule has 2 heterocycles. The third-order valence-electron chi connectivity index (χ3n) is 7.62. The molecule has 0 amide bonds. The van der Waals surface area contributed by atoms with Crippen LogP contribution in [0.25, 0.3) is 0 Å². The number of rotatable bonds is 11. The number of carbonyl (C=O) groups excluding carboxylic acids is 1. The molecule has 2 aliphatic carbocycles. The molecule has 2 aromatic rings. The SMILES string of the molecule is O=C(Cc1cnc(C(O)CO)cn1)[C@H](CC1CCOCC1)c1ccc(S(=O)(=O)C2CC2)c(C2CC2)c1. The zero-order valence-corrected chi connectivity index (χ0v) is 21.2. The van der Waals surface area contributed by atoms with E-state index in [2.05, 4.69) is 9.97 Å². The number of aliphatic hydroxyl groups is 2. The second-order valence-electron chi connectivity index (χ2n) is 10.4. The summed E-state index contributed by atoms with van der Waals surface area (Å²) in [6, 6.07) is 5.57. The number of ether oxygens (including phenoxy) is 1. The molecular formula is C27H34N2O6S. The Morgan fingerprint density at radius 1 is 1.06 bits per heavy atom. The van der Waals surface area contributed by atoms with Gasteiger partial charge in [0.25, 0.3) is 0 Å². The minimum absolute atomic E-state index is 0.0193. The van der Waals surface area contributed by atoms with E-state index in [1.54, 1.807) is 6.07 Å². The molecule has 3 fully saturated rings. The number of hydrogen-bond donors (Lipinski definition) is 2. The van der Waals surface area contributed by atoms with Gasteiger partial charge in [-0.2, -0.15) is 0 Å². The standard InChI is InChI=1S/C27H34N2O6S/c30-16-26(32)24-15-28-20(14-29-24)13-25(31)22(11-17-7-9-35-10-8-17)19-3-6-27(23(12-19)18-1-2-18)36(33,34)21-4-5-21/h3,6,12,14-15,17-18,21-22,26,30,32H,1-2,4-5,7-11,13,16H2/t22-,26?/m1/s1. The Labute approximate surface area is 212 Å². The van der Waals surface area contributed by atoms with Crippen LogP contribution in [0.3, 0.4) is 0 Å². The summed E-state index contributed by atoms with van der Waals surface area (Å²) in [6.45, 7) is 0.936. The van der Waals surface area contributed by atoms with Crippen molar-refractivity contribution in [2.75, 3.05) is 19.8 Å². The first kappa shape index (κ1) is 25.4. The molecule has 0 bridgehead atoms. The maximum absolute atomic E-state index is 13.7. The lowest BCUT2D eigenvalue weighted by molar-refractivity contribution is -0.120. The molecule has 8 nitrogen and oxygen atoms in total. The molecule has 5 rings (SSSR count). The first-order valence-electron chi connectivity index (χ1n) is 12.9. The molecule has 1 aromatic heterocycles. The van der Waals surface area contributed by atoms with E-state index in [-0.39, 0.29) is 35.0 Å². The van der Waals surface area contributed by atoms with Crippen molar-refractivity contribution in [1.29, 1.82) is 0 Å². The summed E-state index contributed by atoms with van der Waals surface area (Å²) < 4.78 is 31.7. The highest BCUT2D eigenvalue weighted by atomic mass is 32.2. The van der Waals surface area contributed by atoms with E-state index in [9.17, 15) is 18.3 Å². The fraction of sp³-hybridized carbons (Fsp3) is 0.593. The Bertz CT molecular complexity index is 1190. The van der Waals surface area contributed by atoms with Gasteiger partial charge in [-0.3, -0.25) is 14.8 Å². The number of ketones is 1. The van der Waals surface area contributed by atoms with Gasteiger partial charge in [-0.25, -0.2) is 8.42 Å². The Kier molecular flexibility index (Phi) is 7.53. The van der Waals surface area contributed by atoms with Gasteiger partial charge in [0.2, 0.25) is 0 Å². The Morgan fingerprint density at radius 3 is 2.42 bits per heavy atom. The number of carbonyl (C=O) groups is 1. The highest BCUT2D eigenvalue weighted by Gasteiger charge is 2.41. The zero-order valence-electron chi connectivity index (χ0n) is 20.4. The second-order valence-corrected chi connectivity index (χ2v) is 12.6. The van der Waals surface area contributed by atoms with Crippen molar-refractivity contribution in [3.05, 3.63) is 53.1 Å². The van der Waals surface area contributed by atoms with Crippen LogP contribution in [-0.4, -0.2) is 59.5 Å². The molecule has 0 spiro atoms. The Morgan fingerprint density at radius 2 is 1.81 bits per heavy atom. The molecule has 2 atom stereocenters. The summed E-state index contributed by atoms with van der Waals surface area (Å²) in [4.78, 5) is 22.5. The lowest BCUT2D eigenvalue weighted by Gasteiger charge is -2.27. The van der Waals surface area contributed by atoms with Gasteiger partial charge in [-0.15, -0.1) is 0 Å². The summed E-state index contributed by atoms with van der Waals surface area (Å²) in [7, 11) is -3.31. The van der Waals surface area contributed by atoms with Gasteiger partial charge in [-0.1, -0.05) is 12.1 Å². The molecule has 3 aliphatic rings. The fourth-order valence-electron chi connectivity index (χ4n) is 5.11. The van der Waals surface area contributed by atoms with E-state index >= 15 is 0 Å². The van der Waals surface area contributed by atoms with E-state index in [1.807, 2.05) is 12.1 Å². The largest absolute Gasteiger partial charge is 0.393 e. The van der Waals surface area contributed by atoms with Gasteiger partial charge in [0.1, 0.15) is 11.9 Å². The van der Waals surface area contributed by atoms with E-state index in [1.165, 1.54) is 12.4 Å². The summed E-state index contributed by atoms with van der Waals surface area (Å²) in [6.07, 6.45) is 7.78. The van der Waals surface area contributed by atoms with Crippen molar-refractivity contribution >= 4 is 15.6 Å². The van der Waals surface area contributed by atoms with Gasteiger partial charge in [-0.05, 0) is 74.0 Å². The lowest BCUT2D eigenvalue weighted by atomic mass is 9.81. The highest BCUT2D eigenvalue weighted by Crippen LogP contribution is 2.46. The average Bonchev–Trinajstić information content (AvgIpc) is 3.80. The third kappa shape index (κ3) is 5.69. The van der Waals surface area contributed by atoms with Crippen molar-refractivity contribution in [3.63, 3.8) is 0 Å². The van der Waals surface area contributed by atoms with Crippen LogP contribution in [0.2, 0.25) is 0 Å². The van der Waals surface area contributed by atoms with Crippen LogP contribution in [0.5, 0.6) is 0 Å². The van der Waals surface area contributed by atoms with Crippen LogP contribution in [0.4, 0.5) is 0 Å². The van der Waals surface area contributed by atoms with E-state index < -0.39 is 22.5 Å². The fourth-order valence-corrected chi connectivity index (χ4v) is 7.03. The van der Waals surface area contributed by atoms with Crippen LogP contribution in [0, 0.1) is 5.92 Å². The molecule has 1 aliphatic heterocycles. The molecule has 2 saturated carbocycles. The summed E-state index contributed by atoms with van der Waals surface area (Å²) in [5.41, 5.74) is 2.52. The highest BCUT2D eigenvalue weighted by molar-refractivity contribution is 7.92. The molecular weight excluding hydrogens is 480 g/mol. The van der Waals surface area contributed by atoms with Crippen molar-refractivity contribution in [2.24, 2.45) is 5.92 Å². The van der Waals surface area contributed by atoms with Crippen LogP contribution in [0.15, 0.2) is 35.5 Å². The third-order valence-corrected chi connectivity index (χ3v) is 9.95. The predicted molar refractivity (Wildman–Crippen MR) is 132 cm³/mol. The molecule has 9 heteroatoms. The summed E-state index contributed by atoms with van der Waals surface area (Å²) >= 11 is 0. The van der Waals surface area contributed by atoms with Crippen LogP contribution < -0.4 is 0 Å². The van der Waals surface area contributed by atoms with Gasteiger partial charge < -0.3 is 14.9 Å². The van der Waals surface area contributed by atoms with Gasteiger partial charge >= 0.3 is 0 Å². The van der Waals surface area contributed by atoms with Crippen molar-refractivity contribution in [1.82, 2.24) is 9.97 Å². The number of nitrogens with zero attached hydrogens (tertiary/aromatic N) is 2. The Balaban J connectivity index is 1.42. The summed E-state index contributed by atoms with van der Waals surface area (Å²) in [5, 5.41) is 18.6. The number of aliphatic hydroxyl groups excluding tert-OH is 2. The monoisotopic (exact) mass is 514 g/mol. The molecule has 36 heavy (non-hydrogen) atoms. The molecule has 194 valence electrons. The van der Waals surface area contributed by atoms with Crippen LogP contribution in [0.1, 0.15) is 85.4 Å². The minimum atomic E-state index is -3.31. The maximum Gasteiger partial charge on any atom is 0.181 e. The number of hydrogen-bond acceptors (Lipinski definition) is 8. The van der Waals surface area contributed by atoms with Crippen molar-refractivity contribution < 1.29 is 28.2 Å². The number of benzene rings is 1. The molecule has 0 radical (unpaired) electrons. The molecule has 1 unspecified atom stereocenters. The molecule has 2 N–H and O–H groups in total. The van der Waals surface area contributed by atoms with Gasteiger partial charge in [0, 0.05) is 25.3 Å².